The Hall–Kier alpha value is -3.48. The van der Waals surface area contributed by atoms with E-state index in [1.165, 1.54) is 21.3 Å². The molecule has 3 rings (SSSR count). The van der Waals surface area contributed by atoms with Crippen molar-refractivity contribution in [2.24, 2.45) is 0 Å². The minimum absolute atomic E-state index is 0.106. The predicted octanol–water partition coefficient (Wildman–Crippen LogP) is 3.68. The molecule has 0 spiro atoms. The Bertz CT molecular complexity index is 1110. The number of methoxy groups -OCH3 is 3. The number of aromatic amines is 1. The molecule has 3 aromatic rings. The fraction of sp³-hybridized carbons (Fsp3) is 0.273. The van der Waals surface area contributed by atoms with Gasteiger partial charge in [0.2, 0.25) is 5.75 Å². The minimum Gasteiger partial charge on any atom is -0.493 e. The Labute approximate surface area is 168 Å². The van der Waals surface area contributed by atoms with Crippen molar-refractivity contribution in [3.8, 4) is 17.2 Å². The summed E-state index contributed by atoms with van der Waals surface area (Å²) in [4.78, 5) is 27.9. The molecule has 0 saturated carbocycles. The van der Waals surface area contributed by atoms with Crippen LogP contribution in [0.2, 0.25) is 0 Å². The van der Waals surface area contributed by atoms with Crippen LogP contribution < -0.4 is 25.1 Å². The van der Waals surface area contributed by atoms with E-state index in [0.717, 1.165) is 16.5 Å². The maximum absolute atomic E-state index is 12.8. The number of ether oxygens (including phenoxy) is 3. The summed E-state index contributed by atoms with van der Waals surface area (Å²) in [6.45, 7) is 3.89. The molecule has 1 aromatic heterocycles. The van der Waals surface area contributed by atoms with Crippen LogP contribution in [-0.2, 0) is 6.42 Å². The molecule has 0 unspecified atom stereocenters. The summed E-state index contributed by atoms with van der Waals surface area (Å²) in [6, 6.07) is 8.61. The zero-order chi connectivity index (χ0) is 21.1. The van der Waals surface area contributed by atoms with Crippen molar-refractivity contribution in [3.63, 3.8) is 0 Å². The Balaban J connectivity index is 1.97. The molecule has 0 saturated heterocycles. The third-order valence-electron chi connectivity index (χ3n) is 4.94. The van der Waals surface area contributed by atoms with E-state index in [4.69, 9.17) is 14.2 Å². The van der Waals surface area contributed by atoms with Crippen molar-refractivity contribution in [1.29, 1.82) is 0 Å². The number of hydrogen-bond acceptors (Lipinski definition) is 5. The molecule has 7 nitrogen and oxygen atoms in total. The molecule has 0 aliphatic rings. The van der Waals surface area contributed by atoms with Gasteiger partial charge in [0, 0.05) is 22.2 Å². The zero-order valence-electron chi connectivity index (χ0n) is 17.1. The van der Waals surface area contributed by atoms with E-state index in [-0.39, 0.29) is 11.5 Å². The normalized spacial score (nSPS) is 10.7. The Kier molecular flexibility index (Phi) is 5.77. The highest BCUT2D eigenvalue weighted by Crippen LogP contribution is 2.38. The van der Waals surface area contributed by atoms with Gasteiger partial charge in [-0.3, -0.25) is 9.59 Å². The lowest BCUT2D eigenvalue weighted by molar-refractivity contribution is 0.102. The van der Waals surface area contributed by atoms with Crippen LogP contribution >= 0.6 is 0 Å². The molecule has 2 N–H and O–H groups in total. The SMILES string of the molecule is CCc1c(C)c2ccc(NC(=O)c3cc(OC)c(OC)c(OC)c3)cc2[nH]c1=O. The number of aromatic nitrogens is 1. The molecule has 0 aliphatic carbocycles. The number of carbonyl (C=O) groups is 1. The highest BCUT2D eigenvalue weighted by Gasteiger charge is 2.17. The summed E-state index contributed by atoms with van der Waals surface area (Å²) in [5.74, 6) is 0.856. The second-order valence-electron chi connectivity index (χ2n) is 6.54. The van der Waals surface area contributed by atoms with Crippen molar-refractivity contribution in [2.45, 2.75) is 20.3 Å². The van der Waals surface area contributed by atoms with Crippen LogP contribution in [0, 0.1) is 6.92 Å². The molecule has 0 bridgehead atoms. The van der Waals surface area contributed by atoms with Gasteiger partial charge in [-0.15, -0.1) is 0 Å². The standard InChI is InChI=1S/C22H24N2O5/c1-6-15-12(2)16-8-7-14(11-17(16)24-22(15)26)23-21(25)13-9-18(27-3)20(29-5)19(10-13)28-4/h7-11H,6H2,1-5H3,(H,23,25)(H,24,26). The predicted molar refractivity (Wildman–Crippen MR) is 113 cm³/mol. The third-order valence-corrected chi connectivity index (χ3v) is 4.94. The van der Waals surface area contributed by atoms with Gasteiger partial charge in [-0.1, -0.05) is 13.0 Å². The van der Waals surface area contributed by atoms with E-state index < -0.39 is 0 Å². The number of rotatable bonds is 6. The molecule has 0 atom stereocenters. The Morgan fingerprint density at radius 3 is 2.24 bits per heavy atom. The molecule has 0 fully saturated rings. The van der Waals surface area contributed by atoms with Crippen molar-refractivity contribution < 1.29 is 19.0 Å². The maximum atomic E-state index is 12.8. The van der Waals surface area contributed by atoms with Gasteiger partial charge in [0.15, 0.2) is 11.5 Å². The van der Waals surface area contributed by atoms with Gasteiger partial charge in [0.25, 0.3) is 11.5 Å². The van der Waals surface area contributed by atoms with E-state index in [2.05, 4.69) is 10.3 Å². The summed E-state index contributed by atoms with van der Waals surface area (Å²) in [7, 11) is 4.49. The number of hydrogen-bond donors (Lipinski definition) is 2. The number of H-pyrrole nitrogens is 1. The van der Waals surface area contributed by atoms with Gasteiger partial charge in [-0.25, -0.2) is 0 Å². The quantitative estimate of drug-likeness (QED) is 0.663. The van der Waals surface area contributed by atoms with Crippen LogP contribution in [-0.4, -0.2) is 32.2 Å². The Morgan fingerprint density at radius 2 is 1.69 bits per heavy atom. The second kappa shape index (κ2) is 8.26. The van der Waals surface area contributed by atoms with Gasteiger partial charge in [0.05, 0.1) is 26.8 Å². The van der Waals surface area contributed by atoms with Crippen LogP contribution in [0.3, 0.4) is 0 Å². The van der Waals surface area contributed by atoms with Gasteiger partial charge in [0.1, 0.15) is 0 Å². The van der Waals surface area contributed by atoms with Crippen LogP contribution in [0.15, 0.2) is 35.1 Å². The summed E-state index contributed by atoms with van der Waals surface area (Å²) < 4.78 is 15.9. The van der Waals surface area contributed by atoms with Gasteiger partial charge < -0.3 is 24.5 Å². The van der Waals surface area contributed by atoms with E-state index in [1.807, 2.05) is 26.0 Å². The molecule has 0 aliphatic heterocycles. The minimum atomic E-state index is -0.340. The summed E-state index contributed by atoms with van der Waals surface area (Å²) in [5, 5.41) is 3.80. The number of amides is 1. The highest BCUT2D eigenvalue weighted by atomic mass is 16.5. The topological polar surface area (TPSA) is 89.7 Å². The number of fused-ring (bicyclic) bond motifs is 1. The molecule has 1 amide bonds. The lowest BCUT2D eigenvalue weighted by Gasteiger charge is -2.14. The first kappa shape index (κ1) is 20.3. The van der Waals surface area contributed by atoms with E-state index in [1.54, 1.807) is 18.2 Å². The summed E-state index contributed by atoms with van der Waals surface area (Å²) in [5.41, 5.74) is 3.21. The zero-order valence-corrected chi connectivity index (χ0v) is 17.1. The van der Waals surface area contributed by atoms with Crippen molar-refractivity contribution in [3.05, 3.63) is 57.4 Å². The number of benzene rings is 2. The largest absolute Gasteiger partial charge is 0.493 e. The van der Waals surface area contributed by atoms with Gasteiger partial charge >= 0.3 is 0 Å². The fourth-order valence-electron chi connectivity index (χ4n) is 3.42. The van der Waals surface area contributed by atoms with Crippen molar-refractivity contribution in [2.75, 3.05) is 26.6 Å². The van der Waals surface area contributed by atoms with E-state index in [0.29, 0.717) is 40.4 Å². The van der Waals surface area contributed by atoms with Gasteiger partial charge in [-0.05, 0) is 43.2 Å². The summed E-state index contributed by atoms with van der Waals surface area (Å²) >= 11 is 0. The first-order valence-electron chi connectivity index (χ1n) is 9.20. The lowest BCUT2D eigenvalue weighted by atomic mass is 10.0. The Morgan fingerprint density at radius 1 is 1.03 bits per heavy atom. The first-order valence-corrected chi connectivity index (χ1v) is 9.20. The number of anilines is 1. The smallest absolute Gasteiger partial charge is 0.255 e. The van der Waals surface area contributed by atoms with Crippen molar-refractivity contribution >= 4 is 22.5 Å². The van der Waals surface area contributed by atoms with Crippen LogP contribution in [0.1, 0.15) is 28.4 Å². The molecular weight excluding hydrogens is 372 g/mol. The summed E-state index contributed by atoms with van der Waals surface area (Å²) in [6.07, 6.45) is 0.663. The van der Waals surface area contributed by atoms with Crippen molar-refractivity contribution in [1.82, 2.24) is 4.98 Å². The van der Waals surface area contributed by atoms with Crippen LogP contribution in [0.4, 0.5) is 5.69 Å². The second-order valence-corrected chi connectivity index (χ2v) is 6.54. The molecule has 7 heteroatoms. The number of pyridine rings is 1. The maximum Gasteiger partial charge on any atom is 0.255 e. The molecular formula is C22H24N2O5. The molecule has 2 aromatic carbocycles. The first-order chi connectivity index (χ1) is 13.9. The lowest BCUT2D eigenvalue weighted by Crippen LogP contribution is -2.15. The van der Waals surface area contributed by atoms with Gasteiger partial charge in [-0.2, -0.15) is 0 Å². The average molecular weight is 396 g/mol. The average Bonchev–Trinajstić information content (AvgIpc) is 2.72. The number of nitrogens with one attached hydrogen (secondary N) is 2. The molecule has 0 radical (unpaired) electrons. The van der Waals surface area contributed by atoms with Crippen LogP contribution in [0.25, 0.3) is 10.9 Å². The van der Waals surface area contributed by atoms with Crippen LogP contribution in [0.5, 0.6) is 17.2 Å². The molecule has 1 heterocycles. The number of aryl methyl sites for hydroxylation is 1. The van der Waals surface area contributed by atoms with E-state index >= 15 is 0 Å². The monoisotopic (exact) mass is 396 g/mol. The molecule has 29 heavy (non-hydrogen) atoms. The third kappa shape index (κ3) is 3.76. The fourth-order valence-corrected chi connectivity index (χ4v) is 3.42. The highest BCUT2D eigenvalue weighted by molar-refractivity contribution is 6.06. The number of carbonyl (C=O) groups excluding carboxylic acids is 1. The molecule has 152 valence electrons. The van der Waals surface area contributed by atoms with E-state index in [9.17, 15) is 9.59 Å².